The summed E-state index contributed by atoms with van der Waals surface area (Å²) in [6.45, 7) is 2.91. The molecule has 1 aromatic rings. The minimum atomic E-state index is -0.202. The van der Waals surface area contributed by atoms with Crippen LogP contribution in [0.2, 0.25) is 0 Å². The van der Waals surface area contributed by atoms with Gasteiger partial charge in [-0.3, -0.25) is 0 Å². The van der Waals surface area contributed by atoms with Crippen molar-refractivity contribution >= 4 is 15.9 Å². The van der Waals surface area contributed by atoms with E-state index in [0.717, 1.165) is 10.0 Å². The van der Waals surface area contributed by atoms with Crippen LogP contribution < -0.4 is 14.8 Å². The summed E-state index contributed by atoms with van der Waals surface area (Å²) >= 11 is 3.56. The first kappa shape index (κ1) is 15.6. The van der Waals surface area contributed by atoms with Crippen LogP contribution in [0.1, 0.15) is 25.3 Å². The number of aliphatic hydroxyl groups is 1. The Morgan fingerprint density at radius 3 is 2.40 bits per heavy atom. The SMILES string of the molecule is COc1cc(Br)c(CNC(C)(CO)C2CC2)cc1OC. The minimum absolute atomic E-state index is 0.155. The highest BCUT2D eigenvalue weighted by Gasteiger charge is 2.40. The fourth-order valence-corrected chi connectivity index (χ4v) is 2.84. The van der Waals surface area contributed by atoms with Gasteiger partial charge in [0, 0.05) is 16.6 Å². The first-order valence-corrected chi connectivity index (χ1v) is 7.59. The second-order valence-corrected chi connectivity index (χ2v) is 6.36. The molecule has 0 amide bonds. The Bertz CT molecular complexity index is 476. The van der Waals surface area contributed by atoms with E-state index in [2.05, 4.69) is 28.2 Å². The van der Waals surface area contributed by atoms with E-state index in [1.165, 1.54) is 12.8 Å². The highest BCUT2D eigenvalue weighted by Crippen LogP contribution is 2.40. The van der Waals surface area contributed by atoms with Crippen molar-refractivity contribution in [2.24, 2.45) is 5.92 Å². The van der Waals surface area contributed by atoms with Crippen molar-refractivity contribution in [3.63, 3.8) is 0 Å². The Kier molecular flexibility index (Phi) is 4.94. The molecule has 1 fully saturated rings. The van der Waals surface area contributed by atoms with Gasteiger partial charge in [-0.2, -0.15) is 0 Å². The molecule has 1 saturated carbocycles. The number of rotatable bonds is 7. The molecule has 0 radical (unpaired) electrons. The molecule has 0 aliphatic heterocycles. The van der Waals surface area contributed by atoms with Crippen molar-refractivity contribution in [1.29, 1.82) is 0 Å². The highest BCUT2D eigenvalue weighted by molar-refractivity contribution is 9.10. The molecule has 2 N–H and O–H groups in total. The first-order valence-electron chi connectivity index (χ1n) is 6.80. The van der Waals surface area contributed by atoms with E-state index >= 15 is 0 Å². The molecule has 0 bridgehead atoms. The molecule has 1 atom stereocenters. The molecule has 5 heteroatoms. The smallest absolute Gasteiger partial charge is 0.161 e. The average molecular weight is 344 g/mol. The van der Waals surface area contributed by atoms with E-state index in [1.807, 2.05) is 12.1 Å². The molecule has 4 nitrogen and oxygen atoms in total. The molecule has 112 valence electrons. The summed E-state index contributed by atoms with van der Waals surface area (Å²) in [6, 6.07) is 3.86. The molecule has 1 aromatic carbocycles. The molecular weight excluding hydrogens is 322 g/mol. The molecule has 0 saturated heterocycles. The number of methoxy groups -OCH3 is 2. The second kappa shape index (κ2) is 6.33. The van der Waals surface area contributed by atoms with Crippen molar-refractivity contribution in [1.82, 2.24) is 5.32 Å². The third kappa shape index (κ3) is 3.27. The van der Waals surface area contributed by atoms with Crippen LogP contribution in [0.25, 0.3) is 0 Å². The first-order chi connectivity index (χ1) is 9.54. The lowest BCUT2D eigenvalue weighted by molar-refractivity contribution is 0.153. The third-order valence-corrected chi connectivity index (χ3v) is 4.78. The summed E-state index contributed by atoms with van der Waals surface area (Å²) in [6.07, 6.45) is 2.38. The molecule has 1 aliphatic carbocycles. The van der Waals surface area contributed by atoms with Gasteiger partial charge in [-0.25, -0.2) is 0 Å². The van der Waals surface area contributed by atoms with E-state index in [9.17, 15) is 5.11 Å². The van der Waals surface area contributed by atoms with Gasteiger partial charge < -0.3 is 19.9 Å². The fourth-order valence-electron chi connectivity index (χ4n) is 2.38. The van der Waals surface area contributed by atoms with Crippen LogP contribution in [-0.4, -0.2) is 31.5 Å². The molecule has 2 rings (SSSR count). The van der Waals surface area contributed by atoms with Crippen LogP contribution in [0.15, 0.2) is 16.6 Å². The van der Waals surface area contributed by atoms with E-state index in [-0.39, 0.29) is 12.1 Å². The van der Waals surface area contributed by atoms with Crippen molar-refractivity contribution < 1.29 is 14.6 Å². The number of aliphatic hydroxyl groups excluding tert-OH is 1. The topological polar surface area (TPSA) is 50.7 Å². The minimum Gasteiger partial charge on any atom is -0.493 e. The number of halogens is 1. The number of hydrogen-bond acceptors (Lipinski definition) is 4. The lowest BCUT2D eigenvalue weighted by Gasteiger charge is -2.29. The Morgan fingerprint density at radius 1 is 1.30 bits per heavy atom. The normalized spacial score (nSPS) is 17.6. The average Bonchev–Trinajstić information content (AvgIpc) is 3.30. The Labute approximate surface area is 128 Å². The quantitative estimate of drug-likeness (QED) is 0.799. The molecular formula is C15H22BrNO3. The summed E-state index contributed by atoms with van der Waals surface area (Å²) in [7, 11) is 3.25. The summed E-state index contributed by atoms with van der Waals surface area (Å²) in [4.78, 5) is 0. The van der Waals surface area contributed by atoms with E-state index < -0.39 is 0 Å². The van der Waals surface area contributed by atoms with Crippen LogP contribution in [0.5, 0.6) is 11.5 Å². The molecule has 20 heavy (non-hydrogen) atoms. The van der Waals surface area contributed by atoms with Crippen molar-refractivity contribution in [3.05, 3.63) is 22.2 Å². The summed E-state index contributed by atoms with van der Waals surface area (Å²) in [5.74, 6) is 1.99. The highest BCUT2D eigenvalue weighted by atomic mass is 79.9. The molecule has 1 unspecified atom stereocenters. The van der Waals surface area contributed by atoms with Crippen LogP contribution in [0.3, 0.4) is 0 Å². The maximum Gasteiger partial charge on any atom is 0.161 e. The Morgan fingerprint density at radius 2 is 1.90 bits per heavy atom. The summed E-state index contributed by atoms with van der Waals surface area (Å²) in [5, 5.41) is 13.1. The lowest BCUT2D eigenvalue weighted by atomic mass is 9.96. The summed E-state index contributed by atoms with van der Waals surface area (Å²) < 4.78 is 11.6. The van der Waals surface area contributed by atoms with Crippen LogP contribution in [-0.2, 0) is 6.54 Å². The lowest BCUT2D eigenvalue weighted by Crippen LogP contribution is -2.47. The Hall–Kier alpha value is -0.780. The van der Waals surface area contributed by atoms with E-state index in [4.69, 9.17) is 9.47 Å². The van der Waals surface area contributed by atoms with Gasteiger partial charge in [-0.1, -0.05) is 15.9 Å². The Balaban J connectivity index is 2.12. The maximum absolute atomic E-state index is 9.61. The van der Waals surface area contributed by atoms with Gasteiger partial charge in [0.15, 0.2) is 11.5 Å². The zero-order chi connectivity index (χ0) is 14.8. The predicted molar refractivity (Wildman–Crippen MR) is 82.3 cm³/mol. The number of nitrogens with one attached hydrogen (secondary N) is 1. The van der Waals surface area contributed by atoms with Crippen LogP contribution >= 0.6 is 15.9 Å². The molecule has 1 aliphatic rings. The predicted octanol–water partition coefficient (Wildman–Crippen LogP) is 2.72. The zero-order valence-electron chi connectivity index (χ0n) is 12.2. The monoisotopic (exact) mass is 343 g/mol. The molecule has 0 aromatic heterocycles. The number of hydrogen-bond donors (Lipinski definition) is 2. The standard InChI is InChI=1S/C15H22BrNO3/c1-15(9-18,11-4-5-11)17-8-10-6-13(19-2)14(20-3)7-12(10)16/h6-7,11,17-18H,4-5,8-9H2,1-3H3. The third-order valence-electron chi connectivity index (χ3n) is 4.04. The van der Waals surface area contributed by atoms with Gasteiger partial charge in [0.1, 0.15) is 0 Å². The van der Waals surface area contributed by atoms with Gasteiger partial charge in [0.05, 0.1) is 20.8 Å². The van der Waals surface area contributed by atoms with Crippen LogP contribution in [0.4, 0.5) is 0 Å². The fraction of sp³-hybridized carbons (Fsp3) is 0.600. The van der Waals surface area contributed by atoms with Crippen LogP contribution in [0, 0.1) is 5.92 Å². The van der Waals surface area contributed by atoms with Gasteiger partial charge in [0.2, 0.25) is 0 Å². The van der Waals surface area contributed by atoms with Gasteiger partial charge in [-0.15, -0.1) is 0 Å². The van der Waals surface area contributed by atoms with Gasteiger partial charge in [0.25, 0.3) is 0 Å². The molecule has 0 spiro atoms. The maximum atomic E-state index is 9.61. The van der Waals surface area contributed by atoms with E-state index in [0.29, 0.717) is 24.0 Å². The zero-order valence-corrected chi connectivity index (χ0v) is 13.8. The van der Waals surface area contributed by atoms with E-state index in [1.54, 1.807) is 14.2 Å². The van der Waals surface area contributed by atoms with Crippen molar-refractivity contribution in [3.8, 4) is 11.5 Å². The van der Waals surface area contributed by atoms with Gasteiger partial charge >= 0.3 is 0 Å². The van der Waals surface area contributed by atoms with Crippen molar-refractivity contribution in [2.75, 3.05) is 20.8 Å². The van der Waals surface area contributed by atoms with Gasteiger partial charge in [-0.05, 0) is 43.4 Å². The molecule has 0 heterocycles. The second-order valence-electron chi connectivity index (χ2n) is 5.50. The number of benzene rings is 1. The largest absolute Gasteiger partial charge is 0.493 e. The number of ether oxygens (including phenoxy) is 2. The summed E-state index contributed by atoms with van der Waals surface area (Å²) in [5.41, 5.74) is 0.884. The van der Waals surface area contributed by atoms with Crippen molar-refractivity contribution in [2.45, 2.75) is 31.8 Å².